The molecule has 2 aromatic carbocycles. The fourth-order valence-electron chi connectivity index (χ4n) is 3.73. The van der Waals surface area contributed by atoms with Crippen LogP contribution in [0.25, 0.3) is 11.3 Å². The van der Waals surface area contributed by atoms with E-state index in [0.29, 0.717) is 5.92 Å². The van der Waals surface area contributed by atoms with Gasteiger partial charge in [0.15, 0.2) is 0 Å². The standard InChI is InChI=1S/C23H26N2O2/c1-27-21-11-6-18(7-12-21)3-2-17-4-9-20(10-5-17)22-15-25-14-19(16-26)8-13-23(25)24-22/h4-7,9-12,15,19,26H,2-3,8,13-14,16H2,1H3. The molecule has 0 radical (unpaired) electrons. The summed E-state index contributed by atoms with van der Waals surface area (Å²) < 4.78 is 7.42. The minimum Gasteiger partial charge on any atom is -0.497 e. The molecule has 0 spiro atoms. The molecule has 1 aliphatic rings. The molecular formula is C23H26N2O2. The Morgan fingerprint density at radius 3 is 2.33 bits per heavy atom. The van der Waals surface area contributed by atoms with Gasteiger partial charge in [-0.15, -0.1) is 0 Å². The van der Waals surface area contributed by atoms with Crippen molar-refractivity contribution < 1.29 is 9.84 Å². The molecule has 1 atom stereocenters. The smallest absolute Gasteiger partial charge is 0.118 e. The van der Waals surface area contributed by atoms with Gasteiger partial charge in [0.05, 0.1) is 12.8 Å². The Hall–Kier alpha value is -2.59. The van der Waals surface area contributed by atoms with Gasteiger partial charge < -0.3 is 14.4 Å². The number of aliphatic hydroxyl groups excluding tert-OH is 1. The van der Waals surface area contributed by atoms with Gasteiger partial charge in [0.25, 0.3) is 0 Å². The number of hydrogen-bond donors (Lipinski definition) is 1. The Labute approximate surface area is 160 Å². The third-order valence-corrected chi connectivity index (χ3v) is 5.46. The van der Waals surface area contributed by atoms with Crippen molar-refractivity contribution in [2.24, 2.45) is 5.92 Å². The molecule has 0 amide bonds. The highest BCUT2D eigenvalue weighted by Gasteiger charge is 2.20. The maximum atomic E-state index is 9.39. The quantitative estimate of drug-likeness (QED) is 0.723. The van der Waals surface area contributed by atoms with Crippen molar-refractivity contribution in [3.63, 3.8) is 0 Å². The van der Waals surface area contributed by atoms with Crippen LogP contribution in [-0.4, -0.2) is 28.4 Å². The molecule has 1 unspecified atom stereocenters. The number of benzene rings is 2. The largest absolute Gasteiger partial charge is 0.497 e. The first kappa shape index (κ1) is 17.8. The lowest BCUT2D eigenvalue weighted by atomic mass is 10.0. The van der Waals surface area contributed by atoms with E-state index in [-0.39, 0.29) is 6.61 Å². The Morgan fingerprint density at radius 1 is 1.04 bits per heavy atom. The Kier molecular flexibility index (Phi) is 5.26. The van der Waals surface area contributed by atoms with Crippen LogP contribution in [0.15, 0.2) is 54.7 Å². The van der Waals surface area contributed by atoms with Gasteiger partial charge in [-0.25, -0.2) is 4.98 Å². The molecule has 1 aromatic heterocycles. The van der Waals surface area contributed by atoms with E-state index >= 15 is 0 Å². The second-order valence-electron chi connectivity index (χ2n) is 7.33. The van der Waals surface area contributed by atoms with E-state index in [1.807, 2.05) is 12.1 Å². The summed E-state index contributed by atoms with van der Waals surface area (Å²) >= 11 is 0. The van der Waals surface area contributed by atoms with Crippen LogP contribution in [0.2, 0.25) is 0 Å². The van der Waals surface area contributed by atoms with E-state index in [4.69, 9.17) is 9.72 Å². The molecule has 0 bridgehead atoms. The molecule has 0 fully saturated rings. The maximum Gasteiger partial charge on any atom is 0.118 e. The Bertz CT molecular complexity index is 882. The zero-order valence-electron chi connectivity index (χ0n) is 15.8. The second-order valence-corrected chi connectivity index (χ2v) is 7.33. The maximum absolute atomic E-state index is 9.39. The molecule has 0 saturated heterocycles. The summed E-state index contributed by atoms with van der Waals surface area (Å²) in [4.78, 5) is 4.80. The molecule has 1 N–H and O–H groups in total. The molecule has 4 rings (SSSR count). The third-order valence-electron chi connectivity index (χ3n) is 5.46. The number of methoxy groups -OCH3 is 1. The first-order chi connectivity index (χ1) is 13.2. The van der Waals surface area contributed by atoms with E-state index in [9.17, 15) is 5.11 Å². The van der Waals surface area contributed by atoms with E-state index in [2.05, 4.69) is 47.2 Å². The van der Waals surface area contributed by atoms with Crippen LogP contribution < -0.4 is 4.74 Å². The summed E-state index contributed by atoms with van der Waals surface area (Å²) in [7, 11) is 1.69. The summed E-state index contributed by atoms with van der Waals surface area (Å²) in [6, 6.07) is 17.0. The lowest BCUT2D eigenvalue weighted by Crippen LogP contribution is -2.22. The normalized spacial score (nSPS) is 16.1. The monoisotopic (exact) mass is 362 g/mol. The fraction of sp³-hybridized carbons (Fsp3) is 0.348. The van der Waals surface area contributed by atoms with Crippen molar-refractivity contribution >= 4 is 0 Å². The van der Waals surface area contributed by atoms with Crippen molar-refractivity contribution in [1.29, 1.82) is 0 Å². The summed E-state index contributed by atoms with van der Waals surface area (Å²) in [5.74, 6) is 2.40. The van der Waals surface area contributed by atoms with Crippen molar-refractivity contribution in [3.05, 3.63) is 71.7 Å². The Balaban J connectivity index is 1.41. The van der Waals surface area contributed by atoms with Crippen LogP contribution in [0.5, 0.6) is 5.75 Å². The number of imidazole rings is 1. The highest BCUT2D eigenvalue weighted by atomic mass is 16.5. The first-order valence-corrected chi connectivity index (χ1v) is 9.64. The average Bonchev–Trinajstić information content (AvgIpc) is 3.16. The van der Waals surface area contributed by atoms with E-state index in [1.165, 1.54) is 11.1 Å². The summed E-state index contributed by atoms with van der Waals surface area (Å²) in [5.41, 5.74) is 4.84. The lowest BCUT2D eigenvalue weighted by molar-refractivity contribution is 0.190. The molecule has 140 valence electrons. The predicted molar refractivity (Wildman–Crippen MR) is 107 cm³/mol. The van der Waals surface area contributed by atoms with Crippen LogP contribution >= 0.6 is 0 Å². The molecule has 0 aliphatic carbocycles. The second kappa shape index (κ2) is 7.97. The van der Waals surface area contributed by atoms with Gasteiger partial charge in [0, 0.05) is 37.3 Å². The van der Waals surface area contributed by atoms with Gasteiger partial charge in [0.1, 0.15) is 11.6 Å². The predicted octanol–water partition coefficient (Wildman–Crippen LogP) is 3.90. The van der Waals surface area contributed by atoms with Gasteiger partial charge in [-0.1, -0.05) is 36.4 Å². The van der Waals surface area contributed by atoms with Crippen molar-refractivity contribution in [3.8, 4) is 17.0 Å². The first-order valence-electron chi connectivity index (χ1n) is 9.64. The molecule has 4 nitrogen and oxygen atoms in total. The summed E-state index contributed by atoms with van der Waals surface area (Å²) in [6.07, 6.45) is 6.14. The van der Waals surface area contributed by atoms with Gasteiger partial charge >= 0.3 is 0 Å². The number of hydrogen-bond acceptors (Lipinski definition) is 3. The minimum atomic E-state index is 0.260. The van der Waals surface area contributed by atoms with Crippen LogP contribution in [0.1, 0.15) is 23.4 Å². The number of ether oxygens (including phenoxy) is 1. The minimum absolute atomic E-state index is 0.260. The average molecular weight is 362 g/mol. The lowest BCUT2D eigenvalue weighted by Gasteiger charge is -2.21. The van der Waals surface area contributed by atoms with E-state index in [0.717, 1.165) is 55.1 Å². The van der Waals surface area contributed by atoms with Gasteiger partial charge in [-0.05, 0) is 42.5 Å². The summed E-state index contributed by atoms with van der Waals surface area (Å²) in [6.45, 7) is 1.13. The number of fused-ring (bicyclic) bond motifs is 1. The topological polar surface area (TPSA) is 47.3 Å². The number of rotatable bonds is 6. The molecule has 27 heavy (non-hydrogen) atoms. The number of aromatic nitrogens is 2. The number of aliphatic hydroxyl groups is 1. The van der Waals surface area contributed by atoms with Crippen LogP contribution in [0.4, 0.5) is 0 Å². The molecule has 1 aliphatic heterocycles. The van der Waals surface area contributed by atoms with Crippen molar-refractivity contribution in [2.75, 3.05) is 13.7 Å². The fourth-order valence-corrected chi connectivity index (χ4v) is 3.73. The van der Waals surface area contributed by atoms with Crippen molar-refractivity contribution in [1.82, 2.24) is 9.55 Å². The molecule has 4 heteroatoms. The van der Waals surface area contributed by atoms with Gasteiger partial charge in [-0.2, -0.15) is 0 Å². The molecule has 3 aromatic rings. The molecule has 0 saturated carbocycles. The van der Waals surface area contributed by atoms with Crippen molar-refractivity contribution in [2.45, 2.75) is 32.2 Å². The highest BCUT2D eigenvalue weighted by molar-refractivity contribution is 5.59. The zero-order chi connectivity index (χ0) is 18.6. The highest BCUT2D eigenvalue weighted by Crippen LogP contribution is 2.25. The van der Waals surface area contributed by atoms with E-state index in [1.54, 1.807) is 7.11 Å². The van der Waals surface area contributed by atoms with Gasteiger partial charge in [0.2, 0.25) is 0 Å². The third kappa shape index (κ3) is 4.06. The van der Waals surface area contributed by atoms with Gasteiger partial charge in [-0.3, -0.25) is 0 Å². The molecular weight excluding hydrogens is 336 g/mol. The summed E-state index contributed by atoms with van der Waals surface area (Å²) in [5, 5.41) is 9.39. The number of nitrogens with zero attached hydrogens (tertiary/aromatic N) is 2. The SMILES string of the molecule is COc1ccc(CCc2ccc(-c3cn4c(n3)CCC(CO)C4)cc2)cc1. The Morgan fingerprint density at radius 2 is 1.70 bits per heavy atom. The van der Waals surface area contributed by atoms with Crippen LogP contribution in [-0.2, 0) is 25.8 Å². The zero-order valence-corrected chi connectivity index (χ0v) is 15.8. The van der Waals surface area contributed by atoms with Crippen LogP contribution in [0, 0.1) is 5.92 Å². The number of aryl methyl sites for hydroxylation is 3. The van der Waals surface area contributed by atoms with Crippen LogP contribution in [0.3, 0.4) is 0 Å². The molecule has 2 heterocycles. The van der Waals surface area contributed by atoms with E-state index < -0.39 is 0 Å².